The zero-order valence-corrected chi connectivity index (χ0v) is 20.2. The van der Waals surface area contributed by atoms with Crippen LogP contribution in [0.4, 0.5) is 0 Å². The van der Waals surface area contributed by atoms with Crippen LogP contribution in [-0.4, -0.2) is 80.9 Å². The molecule has 4 unspecified atom stereocenters. The molecule has 0 bridgehead atoms. The molecule has 204 valence electrons. The second-order valence-corrected chi connectivity index (χ2v) is 8.47. The number of nitrogens with two attached hydrogens (primary N) is 1. The summed E-state index contributed by atoms with van der Waals surface area (Å²) in [5, 5.41) is 44.0. The monoisotopic (exact) mass is 530 g/mol. The van der Waals surface area contributed by atoms with Crippen molar-refractivity contribution in [1.82, 2.24) is 16.0 Å². The van der Waals surface area contributed by atoms with Gasteiger partial charge in [-0.15, -0.1) is 0 Å². The number of carboxylic acids is 2. The first-order valence-corrected chi connectivity index (χ1v) is 11.5. The number of carboxylic acid groups (broad SMARTS) is 2. The summed E-state index contributed by atoms with van der Waals surface area (Å²) in [5.41, 5.74) is 6.78. The van der Waals surface area contributed by atoms with Crippen LogP contribution in [0.3, 0.4) is 0 Å². The predicted molar refractivity (Wildman–Crippen MR) is 133 cm³/mol. The Kier molecular flexibility index (Phi) is 11.2. The molecule has 0 fully saturated rings. The maximum Gasteiger partial charge on any atom is 0.328 e. The lowest BCUT2D eigenvalue weighted by Crippen LogP contribution is -2.58. The summed E-state index contributed by atoms with van der Waals surface area (Å²) in [5.74, 6) is -5.46. The number of rotatable bonds is 14. The Morgan fingerprint density at radius 3 is 1.66 bits per heavy atom. The lowest BCUT2D eigenvalue weighted by atomic mass is 10.0. The number of nitrogens with one attached hydrogen (secondary N) is 3. The highest BCUT2D eigenvalue weighted by Gasteiger charge is 2.31. The molecule has 13 nitrogen and oxygen atoms in total. The van der Waals surface area contributed by atoms with Crippen molar-refractivity contribution in [2.45, 2.75) is 43.4 Å². The number of carbonyl (C=O) groups excluding carboxylic acids is 3. The molecule has 2 rings (SSSR count). The fourth-order valence-electron chi connectivity index (χ4n) is 3.43. The van der Waals surface area contributed by atoms with Crippen molar-refractivity contribution in [3.8, 4) is 5.75 Å². The summed E-state index contributed by atoms with van der Waals surface area (Å²) < 4.78 is 0. The van der Waals surface area contributed by atoms with E-state index in [1.165, 1.54) is 24.3 Å². The van der Waals surface area contributed by atoms with Gasteiger partial charge in [0.1, 0.15) is 23.9 Å². The number of aromatic hydroxyl groups is 1. The van der Waals surface area contributed by atoms with E-state index >= 15 is 0 Å². The van der Waals surface area contributed by atoms with Crippen LogP contribution in [0.25, 0.3) is 0 Å². The largest absolute Gasteiger partial charge is 0.508 e. The van der Waals surface area contributed by atoms with Gasteiger partial charge in [0.2, 0.25) is 17.7 Å². The molecule has 0 saturated carbocycles. The third-order valence-electron chi connectivity index (χ3n) is 5.45. The molecule has 4 atom stereocenters. The van der Waals surface area contributed by atoms with Crippen LogP contribution in [0.15, 0.2) is 54.6 Å². The normalized spacial score (nSPS) is 13.8. The van der Waals surface area contributed by atoms with Crippen molar-refractivity contribution in [3.63, 3.8) is 0 Å². The number of aliphatic hydroxyl groups is 1. The SMILES string of the molecule is NC(CC(=O)O)C(=O)NC(Cc1ccc(O)cc1)C(=O)NC(Cc1ccccc1)C(=O)NC(CO)C(=O)O. The Balaban J connectivity index is 2.30. The topological polar surface area (TPSA) is 228 Å². The number of hydrogen-bond acceptors (Lipinski definition) is 8. The summed E-state index contributed by atoms with van der Waals surface area (Å²) in [4.78, 5) is 61.0. The number of aliphatic carboxylic acids is 2. The fourth-order valence-corrected chi connectivity index (χ4v) is 3.43. The van der Waals surface area contributed by atoms with E-state index in [1.54, 1.807) is 30.3 Å². The van der Waals surface area contributed by atoms with Crippen LogP contribution in [0.5, 0.6) is 5.75 Å². The molecule has 0 heterocycles. The number of benzene rings is 2. The first-order valence-electron chi connectivity index (χ1n) is 11.5. The average Bonchev–Trinajstić information content (AvgIpc) is 2.87. The summed E-state index contributed by atoms with van der Waals surface area (Å²) in [6, 6.07) is 8.60. The van der Waals surface area contributed by atoms with Gasteiger partial charge in [0.25, 0.3) is 0 Å². The van der Waals surface area contributed by atoms with E-state index in [4.69, 9.17) is 10.8 Å². The molecule has 13 heteroatoms. The van der Waals surface area contributed by atoms with Gasteiger partial charge in [-0.05, 0) is 23.3 Å². The van der Waals surface area contributed by atoms with Gasteiger partial charge in [-0.25, -0.2) is 4.79 Å². The van der Waals surface area contributed by atoms with Gasteiger partial charge < -0.3 is 42.1 Å². The van der Waals surface area contributed by atoms with E-state index in [1.807, 2.05) is 0 Å². The van der Waals surface area contributed by atoms with Crippen LogP contribution >= 0.6 is 0 Å². The maximum atomic E-state index is 13.3. The molecule has 9 N–H and O–H groups in total. The Morgan fingerprint density at radius 1 is 0.711 bits per heavy atom. The molecular weight excluding hydrogens is 500 g/mol. The molecule has 0 aliphatic carbocycles. The van der Waals surface area contributed by atoms with Crippen molar-refractivity contribution >= 4 is 29.7 Å². The second kappa shape index (κ2) is 14.3. The molecular formula is C25H30N4O9. The lowest BCUT2D eigenvalue weighted by Gasteiger charge is -2.25. The lowest BCUT2D eigenvalue weighted by molar-refractivity contribution is -0.143. The fraction of sp³-hybridized carbons (Fsp3) is 0.320. The smallest absolute Gasteiger partial charge is 0.328 e. The Morgan fingerprint density at radius 2 is 1.18 bits per heavy atom. The zero-order chi connectivity index (χ0) is 28.2. The van der Waals surface area contributed by atoms with Crippen molar-refractivity contribution < 1.29 is 44.4 Å². The average molecular weight is 531 g/mol. The number of phenolic OH excluding ortho intramolecular Hbond substituents is 1. The van der Waals surface area contributed by atoms with Gasteiger partial charge >= 0.3 is 11.9 Å². The molecule has 0 saturated heterocycles. The van der Waals surface area contributed by atoms with Crippen LogP contribution in [0.2, 0.25) is 0 Å². The van der Waals surface area contributed by atoms with Gasteiger partial charge in [-0.1, -0.05) is 42.5 Å². The minimum Gasteiger partial charge on any atom is -0.508 e. The van der Waals surface area contributed by atoms with E-state index in [2.05, 4.69) is 16.0 Å². The summed E-state index contributed by atoms with van der Waals surface area (Å²) >= 11 is 0. The molecule has 0 radical (unpaired) electrons. The summed E-state index contributed by atoms with van der Waals surface area (Å²) in [6.07, 6.45) is -0.837. The molecule has 38 heavy (non-hydrogen) atoms. The van der Waals surface area contributed by atoms with Crippen molar-refractivity contribution in [2.75, 3.05) is 6.61 Å². The summed E-state index contributed by atoms with van der Waals surface area (Å²) in [6.45, 7) is -0.881. The number of carbonyl (C=O) groups is 5. The van der Waals surface area contributed by atoms with E-state index in [0.29, 0.717) is 11.1 Å². The zero-order valence-electron chi connectivity index (χ0n) is 20.2. The van der Waals surface area contributed by atoms with Crippen LogP contribution in [0.1, 0.15) is 17.5 Å². The molecule has 0 aromatic heterocycles. The van der Waals surface area contributed by atoms with Gasteiger partial charge in [0.15, 0.2) is 0 Å². The summed E-state index contributed by atoms with van der Waals surface area (Å²) in [7, 11) is 0. The van der Waals surface area contributed by atoms with Gasteiger partial charge in [0.05, 0.1) is 19.1 Å². The minimum absolute atomic E-state index is 0.0290. The van der Waals surface area contributed by atoms with E-state index in [9.17, 15) is 39.3 Å². The van der Waals surface area contributed by atoms with E-state index in [0.717, 1.165) is 0 Å². The van der Waals surface area contributed by atoms with Gasteiger partial charge in [0, 0.05) is 12.8 Å². The second-order valence-electron chi connectivity index (χ2n) is 8.47. The molecule has 0 spiro atoms. The molecule has 0 aliphatic rings. The predicted octanol–water partition coefficient (Wildman–Crippen LogP) is -1.49. The van der Waals surface area contributed by atoms with Crippen LogP contribution < -0.4 is 21.7 Å². The Hall–Kier alpha value is -4.49. The van der Waals surface area contributed by atoms with Crippen LogP contribution in [-0.2, 0) is 36.8 Å². The van der Waals surface area contributed by atoms with Crippen molar-refractivity contribution in [1.29, 1.82) is 0 Å². The van der Waals surface area contributed by atoms with Crippen LogP contribution in [0, 0.1) is 0 Å². The third kappa shape index (κ3) is 9.52. The van der Waals surface area contributed by atoms with E-state index in [-0.39, 0.29) is 18.6 Å². The first kappa shape index (κ1) is 29.7. The Labute approximate surface area is 217 Å². The van der Waals surface area contributed by atoms with Crippen molar-refractivity contribution in [3.05, 3.63) is 65.7 Å². The third-order valence-corrected chi connectivity index (χ3v) is 5.45. The van der Waals surface area contributed by atoms with Gasteiger partial charge in [-0.2, -0.15) is 0 Å². The quantitative estimate of drug-likeness (QED) is 0.141. The minimum atomic E-state index is -1.61. The Bertz CT molecular complexity index is 1130. The molecule has 3 amide bonds. The maximum absolute atomic E-state index is 13.3. The molecule has 0 aliphatic heterocycles. The standard InChI is InChI=1S/C25H30N4O9/c26-17(12-21(32)33)22(34)27-18(11-15-6-8-16(31)9-7-15)23(35)28-19(10-14-4-2-1-3-5-14)24(36)29-20(13-30)25(37)38/h1-9,17-20,30-31H,10-13,26H2,(H,27,34)(H,28,35)(H,29,36)(H,32,33)(H,37,38). The first-order chi connectivity index (χ1) is 18.0. The number of aliphatic hydroxyl groups excluding tert-OH is 1. The molecule has 2 aromatic rings. The molecule has 2 aromatic carbocycles. The van der Waals surface area contributed by atoms with Crippen molar-refractivity contribution in [2.24, 2.45) is 5.73 Å². The van der Waals surface area contributed by atoms with E-state index < -0.39 is 66.9 Å². The number of amides is 3. The number of phenols is 1. The highest BCUT2D eigenvalue weighted by molar-refractivity contribution is 5.95. The highest BCUT2D eigenvalue weighted by Crippen LogP contribution is 2.12. The highest BCUT2D eigenvalue weighted by atomic mass is 16.4. The number of hydrogen-bond donors (Lipinski definition) is 8. The van der Waals surface area contributed by atoms with Gasteiger partial charge in [-0.3, -0.25) is 19.2 Å².